The number of aryl methyl sites for hydroxylation is 1. The molecule has 19 heavy (non-hydrogen) atoms. The first-order chi connectivity index (χ1) is 9.06. The van der Waals surface area contributed by atoms with Crippen molar-refractivity contribution in [1.29, 1.82) is 0 Å². The molecule has 0 spiro atoms. The number of ether oxygens (including phenoxy) is 1. The monoisotopic (exact) mass is 367 g/mol. The van der Waals surface area contributed by atoms with E-state index >= 15 is 0 Å². The molecular formula is C16H18INO. The minimum absolute atomic E-state index is 0.177. The summed E-state index contributed by atoms with van der Waals surface area (Å²) in [5.74, 6) is 1.80. The highest BCUT2D eigenvalue weighted by Crippen LogP contribution is 2.31. The number of benzene rings is 2. The van der Waals surface area contributed by atoms with Crippen LogP contribution in [0.2, 0.25) is 0 Å². The fraction of sp³-hybridized carbons (Fsp3) is 0.250. The third kappa shape index (κ3) is 3.94. The Balaban J connectivity index is 2.27. The maximum Gasteiger partial charge on any atom is 0.143 e. The molecule has 0 saturated heterocycles. The lowest BCUT2D eigenvalue weighted by Gasteiger charge is -2.14. The molecule has 1 atom stereocenters. The molecule has 0 amide bonds. The predicted molar refractivity (Wildman–Crippen MR) is 87.8 cm³/mol. The van der Waals surface area contributed by atoms with Crippen molar-refractivity contribution < 1.29 is 4.74 Å². The molecule has 0 aliphatic heterocycles. The third-order valence-electron chi connectivity index (χ3n) is 2.81. The van der Waals surface area contributed by atoms with Gasteiger partial charge in [0, 0.05) is 6.04 Å². The fourth-order valence-corrected chi connectivity index (χ4v) is 2.96. The van der Waals surface area contributed by atoms with E-state index in [1.807, 2.05) is 37.3 Å². The van der Waals surface area contributed by atoms with Crippen LogP contribution in [0.15, 0.2) is 42.5 Å². The molecule has 2 rings (SSSR count). The highest BCUT2D eigenvalue weighted by Gasteiger charge is 2.09. The maximum absolute atomic E-state index is 5.96. The summed E-state index contributed by atoms with van der Waals surface area (Å²) in [5, 5.41) is 0. The second-order valence-corrected chi connectivity index (χ2v) is 5.98. The summed E-state index contributed by atoms with van der Waals surface area (Å²) in [7, 11) is 0. The van der Waals surface area contributed by atoms with E-state index in [0.717, 1.165) is 27.1 Å². The summed E-state index contributed by atoms with van der Waals surface area (Å²) in [4.78, 5) is 0. The maximum atomic E-state index is 5.96. The number of hydrogen-bond donors (Lipinski definition) is 1. The SMILES string of the molecule is Cc1cc(C[C@@H](C)N)cc(I)c1Oc1ccccc1. The van der Waals surface area contributed by atoms with Crippen LogP contribution in [0.5, 0.6) is 11.5 Å². The second-order valence-electron chi connectivity index (χ2n) is 4.82. The molecule has 2 N–H and O–H groups in total. The summed E-state index contributed by atoms with van der Waals surface area (Å²) in [6, 6.07) is 14.3. The number of para-hydroxylation sites is 1. The zero-order valence-electron chi connectivity index (χ0n) is 11.2. The van der Waals surface area contributed by atoms with Gasteiger partial charge < -0.3 is 10.5 Å². The van der Waals surface area contributed by atoms with Crippen molar-refractivity contribution >= 4 is 22.6 Å². The van der Waals surface area contributed by atoms with Gasteiger partial charge in [-0.1, -0.05) is 24.3 Å². The molecule has 2 nitrogen and oxygen atoms in total. The Morgan fingerprint density at radius 1 is 1.21 bits per heavy atom. The van der Waals surface area contributed by atoms with E-state index in [1.165, 1.54) is 5.56 Å². The van der Waals surface area contributed by atoms with Crippen LogP contribution >= 0.6 is 22.6 Å². The average Bonchev–Trinajstić information content (AvgIpc) is 2.34. The molecule has 0 aliphatic carbocycles. The fourth-order valence-electron chi connectivity index (χ4n) is 2.03. The minimum atomic E-state index is 0.177. The van der Waals surface area contributed by atoms with Crippen molar-refractivity contribution in [2.45, 2.75) is 26.3 Å². The van der Waals surface area contributed by atoms with Crippen molar-refractivity contribution in [2.24, 2.45) is 5.73 Å². The Morgan fingerprint density at radius 3 is 2.47 bits per heavy atom. The van der Waals surface area contributed by atoms with Crippen LogP contribution in [0.3, 0.4) is 0 Å². The Kier molecular flexibility index (Phi) is 4.82. The van der Waals surface area contributed by atoms with Gasteiger partial charge >= 0.3 is 0 Å². The first-order valence-corrected chi connectivity index (χ1v) is 7.41. The Hall–Kier alpha value is -1.07. The zero-order chi connectivity index (χ0) is 13.8. The van der Waals surface area contributed by atoms with E-state index in [0.29, 0.717) is 0 Å². The first-order valence-electron chi connectivity index (χ1n) is 6.34. The van der Waals surface area contributed by atoms with Crippen LogP contribution in [0, 0.1) is 10.5 Å². The standard InChI is InChI=1S/C16H18INO/c1-11-8-13(9-12(2)18)10-15(17)16(11)19-14-6-4-3-5-7-14/h3-8,10,12H,9,18H2,1-2H3/t12-/m1/s1. The van der Waals surface area contributed by atoms with Crippen molar-refractivity contribution in [3.05, 3.63) is 57.2 Å². The van der Waals surface area contributed by atoms with Crippen LogP contribution in [0.4, 0.5) is 0 Å². The van der Waals surface area contributed by atoms with Gasteiger partial charge in [0.15, 0.2) is 0 Å². The Labute approximate surface area is 128 Å². The van der Waals surface area contributed by atoms with E-state index in [2.05, 4.69) is 41.6 Å². The molecule has 0 radical (unpaired) electrons. The number of rotatable bonds is 4. The van der Waals surface area contributed by atoms with Gasteiger partial charge in [-0.3, -0.25) is 0 Å². The van der Waals surface area contributed by atoms with Gasteiger partial charge in [-0.15, -0.1) is 0 Å². The van der Waals surface area contributed by atoms with Crippen LogP contribution in [-0.2, 0) is 6.42 Å². The second kappa shape index (κ2) is 6.39. The normalized spacial score (nSPS) is 12.2. The van der Waals surface area contributed by atoms with Gasteiger partial charge in [0.1, 0.15) is 11.5 Å². The Bertz CT molecular complexity index is 529. The van der Waals surface area contributed by atoms with E-state index in [4.69, 9.17) is 10.5 Å². The number of nitrogens with two attached hydrogens (primary N) is 1. The third-order valence-corrected chi connectivity index (χ3v) is 3.61. The highest BCUT2D eigenvalue weighted by atomic mass is 127. The molecule has 100 valence electrons. The molecule has 0 bridgehead atoms. The molecular weight excluding hydrogens is 349 g/mol. The molecule has 0 unspecified atom stereocenters. The smallest absolute Gasteiger partial charge is 0.143 e. The molecule has 0 saturated carbocycles. The minimum Gasteiger partial charge on any atom is -0.456 e. The topological polar surface area (TPSA) is 35.2 Å². The van der Waals surface area contributed by atoms with Gasteiger partial charge in [0.2, 0.25) is 0 Å². The van der Waals surface area contributed by atoms with E-state index in [1.54, 1.807) is 0 Å². The number of halogens is 1. The molecule has 2 aromatic rings. The molecule has 0 heterocycles. The predicted octanol–water partition coefficient (Wildman–Crippen LogP) is 4.28. The van der Waals surface area contributed by atoms with E-state index < -0.39 is 0 Å². The van der Waals surface area contributed by atoms with Gasteiger partial charge in [0.05, 0.1) is 3.57 Å². The summed E-state index contributed by atoms with van der Waals surface area (Å²) in [6.45, 7) is 4.10. The van der Waals surface area contributed by atoms with Crippen molar-refractivity contribution in [3.63, 3.8) is 0 Å². The van der Waals surface area contributed by atoms with Gasteiger partial charge in [-0.2, -0.15) is 0 Å². The molecule has 0 aromatic heterocycles. The lowest BCUT2D eigenvalue weighted by Crippen LogP contribution is -2.17. The van der Waals surface area contributed by atoms with Crippen LogP contribution in [-0.4, -0.2) is 6.04 Å². The lowest BCUT2D eigenvalue weighted by atomic mass is 10.0. The average molecular weight is 367 g/mol. The van der Waals surface area contributed by atoms with Gasteiger partial charge in [-0.25, -0.2) is 0 Å². The summed E-state index contributed by atoms with van der Waals surface area (Å²) >= 11 is 2.32. The lowest BCUT2D eigenvalue weighted by molar-refractivity contribution is 0.475. The van der Waals surface area contributed by atoms with Crippen LogP contribution < -0.4 is 10.5 Å². The van der Waals surface area contributed by atoms with Gasteiger partial charge in [-0.05, 0) is 72.2 Å². The van der Waals surface area contributed by atoms with Gasteiger partial charge in [0.25, 0.3) is 0 Å². The van der Waals surface area contributed by atoms with Crippen LogP contribution in [0.1, 0.15) is 18.1 Å². The summed E-state index contributed by atoms with van der Waals surface area (Å²) < 4.78 is 7.08. The van der Waals surface area contributed by atoms with Crippen molar-refractivity contribution in [3.8, 4) is 11.5 Å². The van der Waals surface area contributed by atoms with E-state index in [9.17, 15) is 0 Å². The van der Waals surface area contributed by atoms with Crippen LogP contribution in [0.25, 0.3) is 0 Å². The highest BCUT2D eigenvalue weighted by molar-refractivity contribution is 14.1. The van der Waals surface area contributed by atoms with Crippen molar-refractivity contribution in [2.75, 3.05) is 0 Å². The molecule has 0 aliphatic rings. The zero-order valence-corrected chi connectivity index (χ0v) is 13.3. The molecule has 0 fully saturated rings. The molecule has 2 aromatic carbocycles. The molecule has 3 heteroatoms. The first kappa shape index (κ1) is 14.3. The summed E-state index contributed by atoms with van der Waals surface area (Å²) in [5.41, 5.74) is 8.26. The number of hydrogen-bond acceptors (Lipinski definition) is 2. The quantitative estimate of drug-likeness (QED) is 0.819. The Morgan fingerprint density at radius 2 is 1.89 bits per heavy atom. The largest absolute Gasteiger partial charge is 0.456 e. The van der Waals surface area contributed by atoms with E-state index in [-0.39, 0.29) is 6.04 Å². The summed E-state index contributed by atoms with van der Waals surface area (Å²) in [6.07, 6.45) is 0.891. The van der Waals surface area contributed by atoms with Crippen molar-refractivity contribution in [1.82, 2.24) is 0 Å².